The minimum Gasteiger partial charge on any atom is -0.305 e. The summed E-state index contributed by atoms with van der Waals surface area (Å²) in [5.41, 5.74) is 9.01. The van der Waals surface area contributed by atoms with Gasteiger partial charge in [0.2, 0.25) is 0 Å². The van der Waals surface area contributed by atoms with Gasteiger partial charge in [0.25, 0.3) is 0 Å². The molecule has 17 heavy (non-hydrogen) atoms. The van der Waals surface area contributed by atoms with E-state index in [4.69, 9.17) is 0 Å². The summed E-state index contributed by atoms with van der Waals surface area (Å²) in [4.78, 5) is 0. The molecule has 0 bridgehead atoms. The van der Waals surface area contributed by atoms with E-state index in [0.29, 0.717) is 0 Å². The first kappa shape index (κ1) is 13.9. The van der Waals surface area contributed by atoms with Crippen molar-refractivity contribution in [2.75, 3.05) is 5.43 Å². The molecule has 0 aromatic heterocycles. The van der Waals surface area contributed by atoms with Crippen molar-refractivity contribution in [3.63, 3.8) is 0 Å². The van der Waals surface area contributed by atoms with Crippen molar-refractivity contribution in [3.8, 4) is 0 Å². The van der Waals surface area contributed by atoms with Crippen molar-refractivity contribution in [2.45, 2.75) is 38.5 Å². The molecule has 3 heteroatoms. The van der Waals surface area contributed by atoms with Crippen LogP contribution in [0.3, 0.4) is 0 Å². The lowest BCUT2D eigenvalue weighted by molar-refractivity contribution is 0.609. The minimum absolute atomic E-state index is 0. The molecule has 2 N–H and O–H groups in total. The zero-order chi connectivity index (χ0) is 11.1. The highest BCUT2D eigenvalue weighted by Crippen LogP contribution is 2.15. The highest BCUT2D eigenvalue weighted by Gasteiger charge is 2.00. The normalized spacial score (nSPS) is 18.9. The molecule has 0 radical (unpaired) electrons. The molecule has 0 spiro atoms. The number of hydrogen-bond donors (Lipinski definition) is 2. The molecule has 0 amide bonds. The van der Waals surface area contributed by atoms with Gasteiger partial charge in [-0.25, -0.2) is 0 Å². The van der Waals surface area contributed by atoms with E-state index >= 15 is 0 Å². The maximum atomic E-state index is 3.32. The largest absolute Gasteiger partial charge is 0.305 e. The predicted molar refractivity (Wildman–Crippen MR) is 76.2 cm³/mol. The number of benzene rings is 1. The van der Waals surface area contributed by atoms with Crippen LogP contribution in [-0.4, -0.2) is 0 Å². The van der Waals surface area contributed by atoms with Crippen LogP contribution >= 0.6 is 12.4 Å². The van der Waals surface area contributed by atoms with Crippen LogP contribution in [0.25, 0.3) is 0 Å². The molecule has 1 aliphatic carbocycles. The fourth-order valence-electron chi connectivity index (χ4n) is 1.98. The standard InChI is InChI=1S/C14H20N2.ClH/c1-2-5-9-13(10-6-3-1)15-16-14-11-7-4-8-12-14;/h4,7-9,11-12,15-16H,1-3,5-6,10H2;1H/b13-9+;. The van der Waals surface area contributed by atoms with E-state index < -0.39 is 0 Å². The lowest BCUT2D eigenvalue weighted by Gasteiger charge is -2.15. The van der Waals surface area contributed by atoms with Gasteiger partial charge >= 0.3 is 0 Å². The zero-order valence-corrected chi connectivity index (χ0v) is 10.9. The van der Waals surface area contributed by atoms with Crippen molar-refractivity contribution in [1.82, 2.24) is 5.43 Å². The van der Waals surface area contributed by atoms with E-state index in [9.17, 15) is 0 Å². The van der Waals surface area contributed by atoms with Crippen LogP contribution in [0.5, 0.6) is 0 Å². The first-order valence-corrected chi connectivity index (χ1v) is 6.21. The van der Waals surface area contributed by atoms with Gasteiger partial charge in [-0.2, -0.15) is 0 Å². The molecule has 2 rings (SSSR count). The summed E-state index contributed by atoms with van der Waals surface area (Å²) < 4.78 is 0. The number of hydrazine groups is 1. The van der Waals surface area contributed by atoms with Crippen molar-refractivity contribution < 1.29 is 0 Å². The second-order valence-corrected chi connectivity index (χ2v) is 4.30. The number of hydrogen-bond acceptors (Lipinski definition) is 2. The molecule has 94 valence electrons. The molecule has 0 saturated heterocycles. The first-order chi connectivity index (χ1) is 7.95. The Hall–Kier alpha value is -1.15. The van der Waals surface area contributed by atoms with E-state index in [-0.39, 0.29) is 12.4 Å². The molecule has 1 aromatic carbocycles. The third-order valence-corrected chi connectivity index (χ3v) is 2.93. The summed E-state index contributed by atoms with van der Waals surface area (Å²) in [6.45, 7) is 0. The Morgan fingerprint density at radius 2 is 1.59 bits per heavy atom. The second-order valence-electron chi connectivity index (χ2n) is 4.30. The summed E-state index contributed by atoms with van der Waals surface area (Å²) in [7, 11) is 0. The minimum atomic E-state index is 0. The van der Waals surface area contributed by atoms with Crippen LogP contribution in [0.2, 0.25) is 0 Å². The third kappa shape index (κ3) is 5.14. The Kier molecular flexibility index (Phi) is 6.56. The topological polar surface area (TPSA) is 24.1 Å². The fraction of sp³-hybridized carbons (Fsp3) is 0.429. The smallest absolute Gasteiger partial charge is 0.0539 e. The van der Waals surface area contributed by atoms with E-state index in [1.54, 1.807) is 0 Å². The Bertz CT molecular complexity index is 335. The number of halogens is 1. The molecule has 0 atom stereocenters. The van der Waals surface area contributed by atoms with Crippen LogP contribution in [0, 0.1) is 0 Å². The number of rotatable bonds is 3. The molecule has 1 aromatic rings. The van der Waals surface area contributed by atoms with Gasteiger partial charge < -0.3 is 10.9 Å². The highest BCUT2D eigenvalue weighted by molar-refractivity contribution is 5.85. The Morgan fingerprint density at radius 1 is 0.824 bits per heavy atom. The third-order valence-electron chi connectivity index (χ3n) is 2.93. The van der Waals surface area contributed by atoms with Gasteiger partial charge in [0.05, 0.1) is 5.69 Å². The van der Waals surface area contributed by atoms with Crippen molar-refractivity contribution in [1.29, 1.82) is 0 Å². The van der Waals surface area contributed by atoms with Gasteiger partial charge in [0, 0.05) is 5.70 Å². The summed E-state index contributed by atoms with van der Waals surface area (Å²) in [6, 6.07) is 10.2. The number of allylic oxidation sites excluding steroid dienone is 2. The Labute approximate surface area is 110 Å². The average molecular weight is 253 g/mol. The first-order valence-electron chi connectivity index (χ1n) is 6.21. The maximum absolute atomic E-state index is 3.32. The number of nitrogens with one attached hydrogen (secondary N) is 2. The van der Waals surface area contributed by atoms with Crippen molar-refractivity contribution in [3.05, 3.63) is 42.1 Å². The number of para-hydroxylation sites is 1. The maximum Gasteiger partial charge on any atom is 0.0539 e. The van der Waals surface area contributed by atoms with E-state index in [2.05, 4.69) is 29.1 Å². The van der Waals surface area contributed by atoms with Crippen molar-refractivity contribution in [2.24, 2.45) is 0 Å². The molecular weight excluding hydrogens is 232 g/mol. The van der Waals surface area contributed by atoms with E-state index in [0.717, 1.165) is 5.69 Å². The SMILES string of the molecule is C1=C(/NNc2ccccc2)CCCCCC/1.Cl. The van der Waals surface area contributed by atoms with Crippen LogP contribution in [0.15, 0.2) is 42.1 Å². The van der Waals surface area contributed by atoms with E-state index in [1.165, 1.54) is 44.2 Å². The monoisotopic (exact) mass is 252 g/mol. The van der Waals surface area contributed by atoms with Gasteiger partial charge in [-0.05, 0) is 37.8 Å². The van der Waals surface area contributed by atoms with Crippen LogP contribution in [-0.2, 0) is 0 Å². The van der Waals surface area contributed by atoms with Gasteiger partial charge in [-0.15, -0.1) is 12.4 Å². The second kappa shape index (κ2) is 8.02. The van der Waals surface area contributed by atoms with Crippen molar-refractivity contribution >= 4 is 18.1 Å². The highest BCUT2D eigenvalue weighted by atomic mass is 35.5. The summed E-state index contributed by atoms with van der Waals surface area (Å²) in [5.74, 6) is 0. The van der Waals surface area contributed by atoms with Crippen LogP contribution in [0.1, 0.15) is 38.5 Å². The molecule has 2 nitrogen and oxygen atoms in total. The summed E-state index contributed by atoms with van der Waals surface area (Å²) >= 11 is 0. The summed E-state index contributed by atoms with van der Waals surface area (Å²) in [6.07, 6.45) is 10.1. The van der Waals surface area contributed by atoms with Crippen LogP contribution in [0.4, 0.5) is 5.69 Å². The molecule has 0 unspecified atom stereocenters. The Balaban J connectivity index is 0.00000144. The molecule has 1 aliphatic rings. The van der Waals surface area contributed by atoms with Gasteiger partial charge in [-0.1, -0.05) is 37.1 Å². The molecular formula is C14H21ClN2. The van der Waals surface area contributed by atoms with Crippen LogP contribution < -0.4 is 10.9 Å². The van der Waals surface area contributed by atoms with E-state index in [1.807, 2.05) is 18.2 Å². The lowest BCUT2D eigenvalue weighted by atomic mass is 10.0. The fourth-order valence-corrected chi connectivity index (χ4v) is 1.98. The van der Waals surface area contributed by atoms with Gasteiger partial charge in [0.15, 0.2) is 0 Å². The van der Waals surface area contributed by atoms with Gasteiger partial charge in [0.1, 0.15) is 0 Å². The summed E-state index contributed by atoms with van der Waals surface area (Å²) in [5, 5.41) is 0. The Morgan fingerprint density at radius 3 is 2.41 bits per heavy atom. The molecule has 0 aliphatic heterocycles. The predicted octanol–water partition coefficient (Wildman–Crippen LogP) is 4.26. The quantitative estimate of drug-likeness (QED) is 0.786. The number of anilines is 1. The zero-order valence-electron chi connectivity index (χ0n) is 10.1. The average Bonchev–Trinajstić information content (AvgIpc) is 2.29. The molecule has 0 heterocycles. The molecule has 0 fully saturated rings. The van der Waals surface area contributed by atoms with Gasteiger partial charge in [-0.3, -0.25) is 0 Å². The lowest BCUT2D eigenvalue weighted by Crippen LogP contribution is -2.21. The molecule has 0 saturated carbocycles.